The van der Waals surface area contributed by atoms with Crippen molar-refractivity contribution in [3.05, 3.63) is 93.5 Å². The Balaban J connectivity index is 2.04. The lowest BCUT2D eigenvalue weighted by molar-refractivity contribution is -0.384. The molecule has 0 fully saturated rings. The highest BCUT2D eigenvalue weighted by Gasteiger charge is 2.30. The number of nitrogens with zero attached hydrogens (tertiary/aromatic N) is 2. The van der Waals surface area contributed by atoms with Gasteiger partial charge in [0.05, 0.1) is 15.5 Å². The molecule has 0 aromatic heterocycles. The van der Waals surface area contributed by atoms with Crippen molar-refractivity contribution in [3.8, 4) is 0 Å². The van der Waals surface area contributed by atoms with Crippen molar-refractivity contribution >= 4 is 38.7 Å². The first-order valence-electron chi connectivity index (χ1n) is 9.06. The molecule has 1 atom stereocenters. The molecule has 0 aliphatic heterocycles. The van der Waals surface area contributed by atoms with Gasteiger partial charge in [-0.25, -0.2) is 12.7 Å². The van der Waals surface area contributed by atoms with Gasteiger partial charge >= 0.3 is 0 Å². The van der Waals surface area contributed by atoms with Gasteiger partial charge in [0.2, 0.25) is 0 Å². The average molecular weight is 446 g/mol. The Morgan fingerprint density at radius 1 is 0.967 bits per heavy atom. The monoisotopic (exact) mass is 445 g/mol. The van der Waals surface area contributed by atoms with Crippen LogP contribution >= 0.6 is 11.6 Å². The third-order valence-corrected chi connectivity index (χ3v) is 6.63. The lowest BCUT2D eigenvalue weighted by atomic mass is 10.2. The van der Waals surface area contributed by atoms with E-state index in [9.17, 15) is 18.5 Å². The van der Waals surface area contributed by atoms with Gasteiger partial charge in [-0.05, 0) is 62.4 Å². The predicted octanol–water partition coefficient (Wildman–Crippen LogP) is 5.21. The van der Waals surface area contributed by atoms with Crippen molar-refractivity contribution < 1.29 is 13.3 Å². The fourth-order valence-electron chi connectivity index (χ4n) is 2.96. The average Bonchev–Trinajstić information content (AvgIpc) is 2.70. The number of nitro groups is 1. The van der Waals surface area contributed by atoms with Gasteiger partial charge in [0.15, 0.2) is 0 Å². The first kappa shape index (κ1) is 21.6. The van der Waals surface area contributed by atoms with E-state index in [4.69, 9.17) is 11.6 Å². The lowest BCUT2D eigenvalue weighted by Gasteiger charge is -2.31. The minimum Gasteiger partial charge on any atom is -0.365 e. The van der Waals surface area contributed by atoms with Gasteiger partial charge < -0.3 is 5.32 Å². The Bertz CT molecular complexity index is 1130. The Labute approximate surface area is 180 Å². The van der Waals surface area contributed by atoms with Crippen LogP contribution in [0.5, 0.6) is 0 Å². The predicted molar refractivity (Wildman–Crippen MR) is 118 cm³/mol. The highest BCUT2D eigenvalue weighted by Crippen LogP contribution is 2.29. The lowest BCUT2D eigenvalue weighted by Crippen LogP contribution is -2.43. The molecule has 3 rings (SSSR count). The van der Waals surface area contributed by atoms with E-state index in [1.807, 2.05) is 6.92 Å². The van der Waals surface area contributed by atoms with Crippen molar-refractivity contribution in [1.82, 2.24) is 0 Å². The number of rotatable bonds is 7. The summed E-state index contributed by atoms with van der Waals surface area (Å²) in [6.07, 6.45) is -0.695. The third kappa shape index (κ3) is 4.72. The van der Waals surface area contributed by atoms with E-state index in [1.54, 1.807) is 43.3 Å². The highest BCUT2D eigenvalue weighted by molar-refractivity contribution is 7.92. The number of aryl methyl sites for hydroxylation is 1. The second kappa shape index (κ2) is 8.73. The van der Waals surface area contributed by atoms with Gasteiger partial charge in [-0.2, -0.15) is 0 Å². The van der Waals surface area contributed by atoms with Gasteiger partial charge in [0.1, 0.15) is 6.17 Å². The van der Waals surface area contributed by atoms with Crippen LogP contribution in [-0.4, -0.2) is 19.5 Å². The molecular weight excluding hydrogens is 426 g/mol. The Kier molecular flexibility index (Phi) is 6.28. The molecule has 0 saturated carbocycles. The molecule has 0 spiro atoms. The van der Waals surface area contributed by atoms with Gasteiger partial charge in [-0.1, -0.05) is 29.3 Å². The maximum Gasteiger partial charge on any atom is 0.269 e. The molecule has 0 radical (unpaired) electrons. The molecule has 3 aromatic rings. The second-order valence-electron chi connectivity index (χ2n) is 6.71. The maximum absolute atomic E-state index is 13.5. The smallest absolute Gasteiger partial charge is 0.269 e. The van der Waals surface area contributed by atoms with Crippen molar-refractivity contribution in [1.29, 1.82) is 0 Å². The third-order valence-electron chi connectivity index (χ3n) is 4.46. The fourth-order valence-corrected chi connectivity index (χ4v) is 4.66. The summed E-state index contributed by atoms with van der Waals surface area (Å²) in [6, 6.07) is 18.8. The Morgan fingerprint density at radius 2 is 1.53 bits per heavy atom. The van der Waals surface area contributed by atoms with Crippen LogP contribution in [-0.2, 0) is 10.0 Å². The molecule has 9 heteroatoms. The molecular formula is C21H20ClN3O4S. The van der Waals surface area contributed by atoms with E-state index in [2.05, 4.69) is 5.32 Å². The van der Waals surface area contributed by atoms with Gasteiger partial charge in [0.25, 0.3) is 15.7 Å². The number of hydrogen-bond donors (Lipinski definition) is 1. The van der Waals surface area contributed by atoms with Gasteiger partial charge in [-0.15, -0.1) is 0 Å². The molecule has 156 valence electrons. The number of nitro benzene ring substituents is 1. The van der Waals surface area contributed by atoms with Crippen LogP contribution in [0.4, 0.5) is 17.1 Å². The summed E-state index contributed by atoms with van der Waals surface area (Å²) in [5, 5.41) is 14.7. The number of hydrogen-bond acceptors (Lipinski definition) is 5. The first-order chi connectivity index (χ1) is 14.2. The summed E-state index contributed by atoms with van der Waals surface area (Å²) < 4.78 is 28.2. The van der Waals surface area contributed by atoms with Gasteiger partial charge in [0, 0.05) is 22.8 Å². The normalized spacial score (nSPS) is 12.2. The zero-order valence-electron chi connectivity index (χ0n) is 16.3. The Morgan fingerprint density at radius 3 is 2.07 bits per heavy atom. The van der Waals surface area contributed by atoms with E-state index >= 15 is 0 Å². The van der Waals surface area contributed by atoms with Crippen LogP contribution in [0.15, 0.2) is 77.7 Å². The van der Waals surface area contributed by atoms with Crippen molar-refractivity contribution in [2.24, 2.45) is 0 Å². The molecule has 1 N–H and O–H groups in total. The number of anilines is 2. The minimum absolute atomic E-state index is 0.121. The van der Waals surface area contributed by atoms with E-state index in [-0.39, 0.29) is 10.6 Å². The molecule has 1 unspecified atom stereocenters. The number of halogens is 1. The number of sulfonamides is 1. The molecule has 7 nitrogen and oxygen atoms in total. The number of non-ortho nitro benzene ring substituents is 1. The zero-order valence-corrected chi connectivity index (χ0v) is 17.9. The van der Waals surface area contributed by atoms with Crippen molar-refractivity contribution in [2.45, 2.75) is 24.9 Å². The molecule has 0 bridgehead atoms. The van der Waals surface area contributed by atoms with Crippen LogP contribution in [0, 0.1) is 17.0 Å². The highest BCUT2D eigenvalue weighted by atomic mass is 35.5. The van der Waals surface area contributed by atoms with Gasteiger partial charge in [-0.3, -0.25) is 10.1 Å². The standard InChI is InChI=1S/C21H20ClN3O4S/c1-15-3-13-21(14-4-15)30(28,29)24(19-9-11-20(12-10-19)25(26)27)16(2)23-18-7-5-17(22)6-8-18/h3-14,16,23H,1-2H3. The van der Waals surface area contributed by atoms with Crippen molar-refractivity contribution in [2.75, 3.05) is 9.62 Å². The zero-order chi connectivity index (χ0) is 21.9. The quantitative estimate of drug-likeness (QED) is 0.306. The number of nitrogens with one attached hydrogen (secondary N) is 1. The van der Waals surface area contributed by atoms with Crippen LogP contribution in [0.3, 0.4) is 0 Å². The van der Waals surface area contributed by atoms with Crippen molar-refractivity contribution in [3.63, 3.8) is 0 Å². The van der Waals surface area contributed by atoms with E-state index in [0.717, 1.165) is 5.56 Å². The van der Waals surface area contributed by atoms with Crippen LogP contribution in [0.2, 0.25) is 5.02 Å². The Hall–Kier alpha value is -3.10. The summed E-state index contributed by atoms with van der Waals surface area (Å²) in [6.45, 7) is 3.57. The molecule has 0 aliphatic rings. The molecule has 30 heavy (non-hydrogen) atoms. The number of benzene rings is 3. The first-order valence-corrected chi connectivity index (χ1v) is 10.9. The summed E-state index contributed by atoms with van der Waals surface area (Å²) in [5.41, 5.74) is 1.79. The largest absolute Gasteiger partial charge is 0.365 e. The minimum atomic E-state index is -3.96. The summed E-state index contributed by atoms with van der Waals surface area (Å²) in [7, 11) is -3.96. The second-order valence-corrected chi connectivity index (χ2v) is 8.97. The molecule has 3 aromatic carbocycles. The van der Waals surface area contributed by atoms with Crippen LogP contribution in [0.25, 0.3) is 0 Å². The van der Waals surface area contributed by atoms with Crippen LogP contribution in [0.1, 0.15) is 12.5 Å². The summed E-state index contributed by atoms with van der Waals surface area (Å²) >= 11 is 5.92. The van der Waals surface area contributed by atoms with E-state index < -0.39 is 21.1 Å². The fraction of sp³-hybridized carbons (Fsp3) is 0.143. The van der Waals surface area contributed by atoms with E-state index in [1.165, 1.54) is 40.7 Å². The summed E-state index contributed by atoms with van der Waals surface area (Å²) in [4.78, 5) is 10.6. The SMILES string of the molecule is Cc1ccc(S(=O)(=O)N(c2ccc([N+](=O)[O-])cc2)C(C)Nc2ccc(Cl)cc2)cc1. The summed E-state index contributed by atoms with van der Waals surface area (Å²) in [5.74, 6) is 0. The topological polar surface area (TPSA) is 92.5 Å². The molecule has 0 amide bonds. The van der Waals surface area contributed by atoms with Crippen LogP contribution < -0.4 is 9.62 Å². The maximum atomic E-state index is 13.5. The molecule has 0 saturated heterocycles. The van der Waals surface area contributed by atoms with E-state index in [0.29, 0.717) is 16.4 Å². The molecule has 0 heterocycles. The molecule has 0 aliphatic carbocycles.